The molecule has 7 heteroatoms. The van der Waals surface area contributed by atoms with Gasteiger partial charge in [0, 0.05) is 25.7 Å². The molecule has 0 aliphatic heterocycles. The van der Waals surface area contributed by atoms with Crippen molar-refractivity contribution in [3.05, 3.63) is 66.0 Å². The van der Waals surface area contributed by atoms with Crippen molar-refractivity contribution in [2.75, 3.05) is 26.0 Å². The van der Waals surface area contributed by atoms with Crippen molar-refractivity contribution in [2.24, 2.45) is 5.92 Å². The molecule has 1 heterocycles. The van der Waals surface area contributed by atoms with Crippen LogP contribution in [-0.2, 0) is 11.2 Å². The molecule has 1 fully saturated rings. The number of ether oxygens (including phenoxy) is 1. The lowest BCUT2D eigenvalue weighted by Crippen LogP contribution is -2.30. The first-order valence-corrected chi connectivity index (χ1v) is 11.7. The summed E-state index contributed by atoms with van der Waals surface area (Å²) in [7, 11) is 1.89. The minimum atomic E-state index is 0.128. The molecule has 0 atom stereocenters. The van der Waals surface area contributed by atoms with Crippen LogP contribution in [0.1, 0.15) is 31.2 Å². The molecule has 31 heavy (non-hydrogen) atoms. The highest BCUT2D eigenvalue weighted by atomic mass is 32.2. The summed E-state index contributed by atoms with van der Waals surface area (Å²) in [5, 5.41) is 9.61. The lowest BCUT2D eigenvalue weighted by molar-refractivity contribution is -0.127. The smallest absolute Gasteiger partial charge is 0.232 e. The molecule has 2 aromatic carbocycles. The van der Waals surface area contributed by atoms with E-state index >= 15 is 0 Å². The number of carbonyl (C=O) groups excluding carboxylic acids is 1. The van der Waals surface area contributed by atoms with E-state index < -0.39 is 0 Å². The van der Waals surface area contributed by atoms with Gasteiger partial charge in [0.05, 0.1) is 12.4 Å². The van der Waals surface area contributed by atoms with Gasteiger partial charge in [-0.1, -0.05) is 42.1 Å². The number of rotatable bonds is 10. The molecule has 0 saturated heterocycles. The van der Waals surface area contributed by atoms with Gasteiger partial charge >= 0.3 is 0 Å². The van der Waals surface area contributed by atoms with Crippen LogP contribution in [0, 0.1) is 5.92 Å². The lowest BCUT2D eigenvalue weighted by atomic mass is 10.1. The van der Waals surface area contributed by atoms with E-state index in [4.69, 9.17) is 4.74 Å². The van der Waals surface area contributed by atoms with Crippen LogP contribution in [0.3, 0.4) is 0 Å². The molecule has 162 valence electrons. The molecule has 0 unspecified atom stereocenters. The van der Waals surface area contributed by atoms with Crippen molar-refractivity contribution < 1.29 is 9.53 Å². The second-order valence-corrected chi connectivity index (χ2v) is 8.77. The number of hydrogen-bond donors (Lipinski definition) is 0. The Labute approximate surface area is 187 Å². The zero-order chi connectivity index (χ0) is 21.6. The van der Waals surface area contributed by atoms with Crippen LogP contribution in [0.5, 0.6) is 5.75 Å². The van der Waals surface area contributed by atoms with Gasteiger partial charge in [0.25, 0.3) is 0 Å². The quantitative estimate of drug-likeness (QED) is 0.446. The van der Waals surface area contributed by atoms with Crippen molar-refractivity contribution in [1.29, 1.82) is 0 Å². The van der Waals surface area contributed by atoms with Crippen molar-refractivity contribution in [3.63, 3.8) is 0 Å². The molecule has 1 amide bonds. The van der Waals surface area contributed by atoms with Crippen molar-refractivity contribution >= 4 is 17.7 Å². The van der Waals surface area contributed by atoms with Crippen molar-refractivity contribution in [1.82, 2.24) is 19.7 Å². The molecule has 4 rings (SSSR count). The van der Waals surface area contributed by atoms with Crippen molar-refractivity contribution in [3.8, 4) is 11.4 Å². The summed E-state index contributed by atoms with van der Waals surface area (Å²) in [5.74, 6) is 2.84. The fraction of sp³-hybridized carbons (Fsp3) is 0.375. The molecule has 0 spiro atoms. The van der Waals surface area contributed by atoms with Gasteiger partial charge in [0.2, 0.25) is 5.91 Å². The predicted molar refractivity (Wildman–Crippen MR) is 123 cm³/mol. The Balaban J connectivity index is 1.55. The first kappa shape index (κ1) is 21.4. The lowest BCUT2D eigenvalue weighted by Gasteiger charge is -2.16. The SMILES string of the molecule is CCOc1ccc(-n2c(Cc3ccccc3)nnc2SCC(=O)N(C)CC2CC2)cc1. The fourth-order valence-electron chi connectivity index (χ4n) is 3.43. The summed E-state index contributed by atoms with van der Waals surface area (Å²) in [4.78, 5) is 14.4. The molecule has 0 N–H and O–H groups in total. The largest absolute Gasteiger partial charge is 0.494 e. The van der Waals surface area contributed by atoms with Gasteiger partial charge in [-0.2, -0.15) is 0 Å². The number of nitrogens with zero attached hydrogens (tertiary/aromatic N) is 4. The van der Waals surface area contributed by atoms with Gasteiger partial charge in [-0.25, -0.2) is 0 Å². The molecule has 1 aliphatic rings. The zero-order valence-electron chi connectivity index (χ0n) is 18.0. The third-order valence-electron chi connectivity index (χ3n) is 5.29. The van der Waals surface area contributed by atoms with Crippen LogP contribution in [0.4, 0.5) is 0 Å². The molecule has 1 saturated carbocycles. The van der Waals surface area contributed by atoms with E-state index in [9.17, 15) is 4.79 Å². The minimum Gasteiger partial charge on any atom is -0.494 e. The average molecular weight is 437 g/mol. The highest BCUT2D eigenvalue weighted by Gasteiger charge is 2.25. The predicted octanol–water partition coefficient (Wildman–Crippen LogP) is 4.22. The zero-order valence-corrected chi connectivity index (χ0v) is 18.8. The van der Waals surface area contributed by atoms with E-state index in [1.807, 2.05) is 65.9 Å². The normalized spacial score (nSPS) is 13.2. The Morgan fingerprint density at radius 3 is 2.55 bits per heavy atom. The number of amides is 1. The Kier molecular flexibility index (Phi) is 6.92. The summed E-state index contributed by atoms with van der Waals surface area (Å²) in [6.45, 7) is 3.45. The minimum absolute atomic E-state index is 0.128. The van der Waals surface area contributed by atoms with Gasteiger partial charge < -0.3 is 9.64 Å². The standard InChI is InChI=1S/C24H28N4O2S/c1-3-30-21-13-11-20(12-14-21)28-22(15-18-7-5-4-6-8-18)25-26-24(28)31-17-23(29)27(2)16-19-9-10-19/h4-8,11-14,19H,3,9-10,15-17H2,1-2H3. The molecule has 6 nitrogen and oxygen atoms in total. The maximum absolute atomic E-state index is 12.6. The van der Waals surface area contributed by atoms with Crippen LogP contribution in [0.2, 0.25) is 0 Å². The molecular weight excluding hydrogens is 408 g/mol. The van der Waals surface area contributed by atoms with Gasteiger partial charge in [0.15, 0.2) is 5.16 Å². The van der Waals surface area contributed by atoms with Crippen LogP contribution in [-0.4, -0.2) is 51.5 Å². The number of thioether (sulfide) groups is 1. The number of aromatic nitrogens is 3. The van der Waals surface area contributed by atoms with E-state index in [-0.39, 0.29) is 5.91 Å². The summed E-state index contributed by atoms with van der Waals surface area (Å²) >= 11 is 1.44. The Morgan fingerprint density at radius 1 is 1.13 bits per heavy atom. The van der Waals surface area contributed by atoms with E-state index in [0.717, 1.165) is 29.0 Å². The molecule has 0 radical (unpaired) electrons. The van der Waals surface area contributed by atoms with Crippen LogP contribution < -0.4 is 4.74 Å². The van der Waals surface area contributed by atoms with Crippen LogP contribution in [0.15, 0.2) is 59.8 Å². The van der Waals surface area contributed by atoms with Gasteiger partial charge in [-0.3, -0.25) is 9.36 Å². The van der Waals surface area contributed by atoms with Gasteiger partial charge in [0.1, 0.15) is 11.6 Å². The third-order valence-corrected chi connectivity index (χ3v) is 6.20. The second-order valence-electron chi connectivity index (χ2n) is 7.83. The highest BCUT2D eigenvalue weighted by Crippen LogP contribution is 2.30. The molecular formula is C24H28N4O2S. The molecule has 1 aliphatic carbocycles. The summed E-state index contributed by atoms with van der Waals surface area (Å²) in [5.41, 5.74) is 2.12. The Morgan fingerprint density at radius 2 is 1.87 bits per heavy atom. The second kappa shape index (κ2) is 10.0. The van der Waals surface area contributed by atoms with Crippen molar-refractivity contribution in [2.45, 2.75) is 31.3 Å². The van der Waals surface area contributed by atoms with Crippen LogP contribution in [0.25, 0.3) is 5.69 Å². The monoisotopic (exact) mass is 436 g/mol. The maximum Gasteiger partial charge on any atom is 0.232 e. The fourth-order valence-corrected chi connectivity index (χ4v) is 4.34. The number of hydrogen-bond acceptors (Lipinski definition) is 5. The van der Waals surface area contributed by atoms with Gasteiger partial charge in [-0.05, 0) is 55.5 Å². The molecule has 3 aromatic rings. The van der Waals surface area contributed by atoms with E-state index in [1.165, 1.54) is 30.2 Å². The van der Waals surface area contributed by atoms with E-state index in [0.29, 0.717) is 24.7 Å². The number of carbonyl (C=O) groups is 1. The first-order valence-electron chi connectivity index (χ1n) is 10.7. The summed E-state index contributed by atoms with van der Waals surface area (Å²) in [6, 6.07) is 18.1. The Hall–Kier alpha value is -2.80. The topological polar surface area (TPSA) is 60.2 Å². The van der Waals surface area contributed by atoms with E-state index in [1.54, 1.807) is 0 Å². The van der Waals surface area contributed by atoms with Crippen LogP contribution >= 0.6 is 11.8 Å². The molecule has 0 bridgehead atoms. The molecule has 1 aromatic heterocycles. The maximum atomic E-state index is 12.6. The Bertz CT molecular complexity index is 1000. The third kappa shape index (κ3) is 5.67. The first-order chi connectivity index (χ1) is 15.1. The summed E-state index contributed by atoms with van der Waals surface area (Å²) in [6.07, 6.45) is 3.14. The average Bonchev–Trinajstić information content (AvgIpc) is 3.52. The number of benzene rings is 2. The van der Waals surface area contributed by atoms with Gasteiger partial charge in [-0.15, -0.1) is 10.2 Å². The van der Waals surface area contributed by atoms with E-state index in [2.05, 4.69) is 22.3 Å². The summed E-state index contributed by atoms with van der Waals surface area (Å²) < 4.78 is 7.62. The highest BCUT2D eigenvalue weighted by molar-refractivity contribution is 7.99.